The van der Waals surface area contributed by atoms with E-state index in [-0.39, 0.29) is 37.9 Å². The number of hydrogen-bond donors (Lipinski definition) is 2. The van der Waals surface area contributed by atoms with E-state index in [2.05, 4.69) is 13.2 Å². The van der Waals surface area contributed by atoms with Crippen LogP contribution in [0.15, 0.2) is 24.3 Å². The number of rotatable bonds is 18. The van der Waals surface area contributed by atoms with Gasteiger partial charge in [-0.25, -0.2) is 9.59 Å². The van der Waals surface area contributed by atoms with Crippen LogP contribution in [-0.4, -0.2) is 91.8 Å². The van der Waals surface area contributed by atoms with E-state index in [0.717, 1.165) is 0 Å². The second-order valence-electron chi connectivity index (χ2n) is 7.56. The van der Waals surface area contributed by atoms with E-state index in [4.69, 9.17) is 23.1 Å². The Kier molecular flexibility index (Phi) is 16.5. The summed E-state index contributed by atoms with van der Waals surface area (Å²) in [6, 6.07) is 0. The smallest absolute Gasteiger partial charge is 0.333 e. The van der Waals surface area contributed by atoms with Crippen molar-refractivity contribution in [3.05, 3.63) is 24.3 Å². The van der Waals surface area contributed by atoms with E-state index in [0.29, 0.717) is 24.0 Å². The lowest BCUT2D eigenvalue weighted by Gasteiger charge is -2.22. The molecular weight excluding hydrogens is 440 g/mol. The van der Waals surface area contributed by atoms with Crippen LogP contribution in [-0.2, 0) is 32.7 Å². The van der Waals surface area contributed by atoms with Crippen molar-refractivity contribution in [2.45, 2.75) is 64.2 Å². The Hall–Kier alpha value is -1.35. The second kappa shape index (κ2) is 17.2. The van der Waals surface area contributed by atoms with Crippen LogP contribution in [0, 0.1) is 0 Å². The molecule has 0 fully saturated rings. The van der Waals surface area contributed by atoms with E-state index in [9.17, 15) is 19.8 Å². The Bertz CT molecular complexity index is 519. The van der Waals surface area contributed by atoms with Crippen molar-refractivity contribution in [3.8, 4) is 0 Å². The molecule has 31 heavy (non-hydrogen) atoms. The van der Waals surface area contributed by atoms with Crippen molar-refractivity contribution in [1.29, 1.82) is 0 Å². The van der Waals surface area contributed by atoms with Gasteiger partial charge >= 0.3 is 11.9 Å². The number of carbonyl (C=O) groups is 2. The lowest BCUT2D eigenvalue weighted by atomic mass is 10.3. The van der Waals surface area contributed by atoms with Gasteiger partial charge in [0.15, 0.2) is 19.5 Å². The Morgan fingerprint density at radius 3 is 1.45 bits per heavy atom. The number of carbonyl (C=O) groups excluding carboxylic acids is 2. The Labute approximate surface area is 189 Å². The molecule has 4 atom stereocenters. The zero-order valence-corrected chi connectivity index (χ0v) is 22.0. The molecule has 11 heteroatoms. The lowest BCUT2D eigenvalue weighted by Crippen LogP contribution is -2.34. The molecule has 0 spiro atoms. The van der Waals surface area contributed by atoms with Crippen LogP contribution in [0.5, 0.6) is 0 Å². The monoisotopic (exact) mass is 478 g/mol. The summed E-state index contributed by atoms with van der Waals surface area (Å²) >= 11 is 0. The molecule has 0 aliphatic heterocycles. The fraction of sp³-hybridized carbons (Fsp3) is 0.700. The molecule has 0 bridgehead atoms. The van der Waals surface area contributed by atoms with Crippen LogP contribution < -0.4 is 0 Å². The summed E-state index contributed by atoms with van der Waals surface area (Å²) in [7, 11) is -2.33. The molecule has 0 aromatic heterocycles. The highest BCUT2D eigenvalue weighted by Crippen LogP contribution is 2.05. The molecule has 4 unspecified atom stereocenters. The maximum absolute atomic E-state index is 11.5. The van der Waals surface area contributed by atoms with Crippen molar-refractivity contribution in [1.82, 2.24) is 0 Å². The minimum Gasteiger partial charge on any atom is -0.462 e. The first kappa shape index (κ1) is 29.7. The van der Waals surface area contributed by atoms with E-state index in [1.807, 2.05) is 0 Å². The maximum Gasteiger partial charge on any atom is 0.333 e. The van der Waals surface area contributed by atoms with Crippen molar-refractivity contribution in [2.75, 3.05) is 26.4 Å². The fourth-order valence-electron chi connectivity index (χ4n) is 2.12. The van der Waals surface area contributed by atoms with E-state index < -0.39 is 43.7 Å². The van der Waals surface area contributed by atoms with Crippen LogP contribution in [0.3, 0.4) is 0 Å². The number of esters is 2. The van der Waals surface area contributed by atoms with Crippen LogP contribution in [0.4, 0.5) is 0 Å². The zero-order valence-electron chi connectivity index (χ0n) is 19.1. The molecule has 180 valence electrons. The number of aliphatic hydroxyl groups excluding tert-OH is 2. The molecule has 0 aliphatic rings. The Morgan fingerprint density at radius 1 is 0.806 bits per heavy atom. The molecule has 0 heterocycles. The minimum atomic E-state index is -1.16. The highest BCUT2D eigenvalue weighted by molar-refractivity contribution is 6.44. The maximum atomic E-state index is 11.5. The SMILES string of the molecule is C=C(C)C(=O)OCCC(OCC(C)O)[SiH2]O[SiH2]C(CCOC(=O)C(=C)C)OCC(C)O. The molecule has 0 aliphatic carbocycles. The molecule has 9 nitrogen and oxygen atoms in total. The number of aliphatic hydroxyl groups is 2. The first-order chi connectivity index (χ1) is 14.5. The zero-order chi connectivity index (χ0) is 23.8. The molecule has 0 aromatic rings. The van der Waals surface area contributed by atoms with Crippen molar-refractivity contribution in [2.24, 2.45) is 0 Å². The molecule has 0 aromatic carbocycles. The van der Waals surface area contributed by atoms with Gasteiger partial charge in [0.05, 0.1) is 50.1 Å². The average molecular weight is 479 g/mol. The minimum absolute atomic E-state index is 0.163. The second-order valence-corrected chi connectivity index (χ2v) is 11.7. The van der Waals surface area contributed by atoms with Gasteiger partial charge in [0.25, 0.3) is 0 Å². The topological polar surface area (TPSA) is 121 Å². The number of hydrogen-bond acceptors (Lipinski definition) is 9. The molecule has 2 N–H and O–H groups in total. The Morgan fingerprint density at radius 2 is 1.16 bits per heavy atom. The number of ether oxygens (including phenoxy) is 4. The summed E-state index contributed by atoms with van der Waals surface area (Å²) in [5, 5.41) is 18.9. The van der Waals surface area contributed by atoms with Gasteiger partial charge in [-0.15, -0.1) is 0 Å². The molecule has 0 rings (SSSR count). The summed E-state index contributed by atoms with van der Waals surface area (Å²) in [6.07, 6.45) is -0.308. The summed E-state index contributed by atoms with van der Waals surface area (Å²) in [4.78, 5) is 23.0. The molecule has 0 amide bonds. The van der Waals surface area contributed by atoms with Gasteiger partial charge in [-0.2, -0.15) is 0 Å². The fourth-order valence-corrected chi connectivity index (χ4v) is 5.90. The first-order valence-electron chi connectivity index (χ1n) is 10.3. The average Bonchev–Trinajstić information content (AvgIpc) is 2.68. The van der Waals surface area contributed by atoms with Crippen LogP contribution in [0.25, 0.3) is 0 Å². The van der Waals surface area contributed by atoms with E-state index >= 15 is 0 Å². The van der Waals surface area contributed by atoms with Gasteiger partial charge in [-0.1, -0.05) is 13.2 Å². The lowest BCUT2D eigenvalue weighted by molar-refractivity contribution is -0.140. The standard InChI is InChI=1S/C20H38O9Si2/c1-13(2)19(23)25-9-7-17(27-11-15(5)21)30-29-31-18(28-12-16(6)22)8-10-26-20(24)14(3)4/h15-18,21-22H,1,3,7-12,30-31H2,2,4-6H3. The third kappa shape index (κ3) is 17.0. The highest BCUT2D eigenvalue weighted by Gasteiger charge is 2.18. The highest BCUT2D eigenvalue weighted by atomic mass is 28.3. The van der Waals surface area contributed by atoms with Gasteiger partial charge in [-0.05, 0) is 27.7 Å². The van der Waals surface area contributed by atoms with Crippen LogP contribution in [0.2, 0.25) is 0 Å². The van der Waals surface area contributed by atoms with E-state index in [1.54, 1.807) is 27.7 Å². The van der Waals surface area contributed by atoms with Gasteiger partial charge in [0, 0.05) is 24.0 Å². The predicted octanol–water partition coefficient (Wildman–Crippen LogP) is -0.364. The van der Waals surface area contributed by atoms with Gasteiger partial charge in [-0.3, -0.25) is 0 Å². The van der Waals surface area contributed by atoms with Gasteiger partial charge in [0.1, 0.15) is 0 Å². The normalized spacial score (nSPS) is 15.7. The first-order valence-corrected chi connectivity index (χ1v) is 13.1. The quantitative estimate of drug-likeness (QED) is 0.154. The third-order valence-corrected chi connectivity index (χ3v) is 7.71. The molecular formula is C20H38O9Si2. The molecule has 0 saturated heterocycles. The summed E-state index contributed by atoms with van der Waals surface area (Å²) in [6.45, 7) is 14.2. The van der Waals surface area contributed by atoms with E-state index in [1.165, 1.54) is 0 Å². The van der Waals surface area contributed by atoms with Crippen molar-refractivity contribution < 1.29 is 42.9 Å². The largest absolute Gasteiger partial charge is 0.462 e. The molecule has 0 saturated carbocycles. The molecule has 0 radical (unpaired) electrons. The van der Waals surface area contributed by atoms with Gasteiger partial charge in [0.2, 0.25) is 0 Å². The summed E-state index contributed by atoms with van der Waals surface area (Å²) < 4.78 is 27.6. The van der Waals surface area contributed by atoms with Crippen molar-refractivity contribution >= 4 is 31.5 Å². The third-order valence-electron chi connectivity index (χ3n) is 3.80. The van der Waals surface area contributed by atoms with Gasteiger partial charge < -0.3 is 33.3 Å². The Balaban J connectivity index is 4.58. The van der Waals surface area contributed by atoms with Crippen molar-refractivity contribution in [3.63, 3.8) is 0 Å². The summed E-state index contributed by atoms with van der Waals surface area (Å²) in [5.41, 5.74) is 0.179. The summed E-state index contributed by atoms with van der Waals surface area (Å²) in [5.74, 6) is -0.913. The predicted molar refractivity (Wildman–Crippen MR) is 122 cm³/mol. The van der Waals surface area contributed by atoms with Crippen LogP contribution >= 0.6 is 0 Å². The van der Waals surface area contributed by atoms with Crippen LogP contribution in [0.1, 0.15) is 40.5 Å².